The lowest BCUT2D eigenvalue weighted by Crippen LogP contribution is -2.15. The van der Waals surface area contributed by atoms with E-state index in [0.717, 1.165) is 61.4 Å². The van der Waals surface area contributed by atoms with Gasteiger partial charge in [0.2, 0.25) is 0 Å². The van der Waals surface area contributed by atoms with Crippen LogP contribution in [0.15, 0.2) is 91.0 Å². The molecule has 1 heterocycles. The Kier molecular flexibility index (Phi) is 6.74. The summed E-state index contributed by atoms with van der Waals surface area (Å²) < 4.78 is 5.97. The lowest BCUT2D eigenvalue weighted by Gasteiger charge is -2.17. The standard InChI is InChI=1S/C33H30N2O2/c1-21-9-8-12-27(18-21)34-33(36)30-24(4)32(35-31-23(3)17-22(2)19-29(30)31)26-13-15-28(16-14-26)37-20-25-10-6-5-7-11-25/h5-19H,20H2,1-4H3,(H,34,36). The number of nitrogens with one attached hydrogen (secondary N) is 1. The van der Waals surface area contributed by atoms with Crippen molar-refractivity contribution < 1.29 is 9.53 Å². The fraction of sp³-hybridized carbons (Fsp3) is 0.152. The molecule has 4 nitrogen and oxygen atoms in total. The number of amides is 1. The van der Waals surface area contributed by atoms with Gasteiger partial charge in [0, 0.05) is 16.6 Å². The van der Waals surface area contributed by atoms with E-state index < -0.39 is 0 Å². The van der Waals surface area contributed by atoms with E-state index in [1.165, 1.54) is 0 Å². The van der Waals surface area contributed by atoms with Crippen LogP contribution in [0.5, 0.6) is 5.75 Å². The fourth-order valence-corrected chi connectivity index (χ4v) is 4.76. The van der Waals surface area contributed by atoms with Gasteiger partial charge in [-0.25, -0.2) is 4.98 Å². The third kappa shape index (κ3) is 5.24. The van der Waals surface area contributed by atoms with Gasteiger partial charge in [-0.1, -0.05) is 54.1 Å². The number of aromatic nitrogens is 1. The van der Waals surface area contributed by atoms with Crippen molar-refractivity contribution in [2.75, 3.05) is 5.32 Å². The number of fused-ring (bicyclic) bond motifs is 1. The van der Waals surface area contributed by atoms with Crippen molar-refractivity contribution in [2.24, 2.45) is 0 Å². The van der Waals surface area contributed by atoms with Gasteiger partial charge in [0.1, 0.15) is 12.4 Å². The van der Waals surface area contributed by atoms with Gasteiger partial charge >= 0.3 is 0 Å². The predicted molar refractivity (Wildman–Crippen MR) is 151 cm³/mol. The molecule has 4 aromatic carbocycles. The van der Waals surface area contributed by atoms with Crippen LogP contribution in [0.1, 0.15) is 38.2 Å². The van der Waals surface area contributed by atoms with Crippen LogP contribution in [0.3, 0.4) is 0 Å². The number of benzene rings is 4. The lowest BCUT2D eigenvalue weighted by atomic mass is 9.94. The number of hydrogen-bond acceptors (Lipinski definition) is 3. The second-order valence-electron chi connectivity index (χ2n) is 9.56. The first-order valence-corrected chi connectivity index (χ1v) is 12.5. The van der Waals surface area contributed by atoms with E-state index in [1.807, 2.05) is 107 Å². The molecule has 0 atom stereocenters. The largest absolute Gasteiger partial charge is 0.489 e. The van der Waals surface area contributed by atoms with Crippen molar-refractivity contribution in [3.05, 3.63) is 124 Å². The number of hydrogen-bond donors (Lipinski definition) is 1. The van der Waals surface area contributed by atoms with E-state index in [1.54, 1.807) is 0 Å². The molecule has 5 aromatic rings. The smallest absolute Gasteiger partial charge is 0.256 e. The van der Waals surface area contributed by atoms with Crippen molar-refractivity contribution in [1.29, 1.82) is 0 Å². The average Bonchev–Trinajstić information content (AvgIpc) is 2.88. The molecule has 0 fully saturated rings. The number of nitrogens with zero attached hydrogens (tertiary/aromatic N) is 1. The van der Waals surface area contributed by atoms with Gasteiger partial charge in [0.15, 0.2) is 0 Å². The number of rotatable bonds is 6. The zero-order chi connectivity index (χ0) is 25.9. The highest BCUT2D eigenvalue weighted by Gasteiger charge is 2.20. The first kappa shape index (κ1) is 24.3. The van der Waals surface area contributed by atoms with Crippen LogP contribution < -0.4 is 10.1 Å². The molecule has 1 aromatic heterocycles. The zero-order valence-electron chi connectivity index (χ0n) is 21.6. The summed E-state index contributed by atoms with van der Waals surface area (Å²) in [6.45, 7) is 8.59. The van der Waals surface area contributed by atoms with Crippen LogP contribution >= 0.6 is 0 Å². The molecule has 0 aliphatic carbocycles. The van der Waals surface area contributed by atoms with Crippen molar-refractivity contribution >= 4 is 22.5 Å². The minimum atomic E-state index is -0.135. The van der Waals surface area contributed by atoms with Crippen molar-refractivity contribution in [2.45, 2.75) is 34.3 Å². The Morgan fingerprint density at radius 1 is 0.811 bits per heavy atom. The number of ether oxygens (including phenoxy) is 1. The van der Waals surface area contributed by atoms with Crippen molar-refractivity contribution in [1.82, 2.24) is 4.98 Å². The molecule has 0 unspecified atom stereocenters. The quantitative estimate of drug-likeness (QED) is 0.265. The summed E-state index contributed by atoms with van der Waals surface area (Å²) in [5.74, 6) is 0.653. The molecule has 0 saturated carbocycles. The molecule has 1 amide bonds. The van der Waals surface area contributed by atoms with E-state index in [2.05, 4.69) is 17.4 Å². The maximum Gasteiger partial charge on any atom is 0.256 e. The van der Waals surface area contributed by atoms with E-state index in [0.29, 0.717) is 12.2 Å². The van der Waals surface area contributed by atoms with E-state index in [9.17, 15) is 4.79 Å². The molecule has 0 bridgehead atoms. The number of pyridine rings is 1. The van der Waals surface area contributed by atoms with Crippen LogP contribution in [0.4, 0.5) is 5.69 Å². The van der Waals surface area contributed by atoms with E-state index in [4.69, 9.17) is 9.72 Å². The van der Waals surface area contributed by atoms with Crippen molar-refractivity contribution in [3.63, 3.8) is 0 Å². The number of carbonyl (C=O) groups is 1. The van der Waals surface area contributed by atoms with E-state index in [-0.39, 0.29) is 5.91 Å². The van der Waals surface area contributed by atoms with Crippen LogP contribution in [0, 0.1) is 27.7 Å². The lowest BCUT2D eigenvalue weighted by molar-refractivity contribution is 0.102. The SMILES string of the molecule is Cc1cccc(NC(=O)c2c(C)c(-c3ccc(OCc4ccccc4)cc3)nc3c(C)cc(C)cc23)c1. The summed E-state index contributed by atoms with van der Waals surface area (Å²) >= 11 is 0. The van der Waals surface area contributed by atoms with Gasteiger partial charge in [0.05, 0.1) is 16.8 Å². The fourth-order valence-electron chi connectivity index (χ4n) is 4.76. The molecular formula is C33H30N2O2. The first-order valence-electron chi connectivity index (χ1n) is 12.5. The number of carbonyl (C=O) groups excluding carboxylic acids is 1. The van der Waals surface area contributed by atoms with Gasteiger partial charge in [0.25, 0.3) is 5.91 Å². The Labute approximate surface area is 218 Å². The van der Waals surface area contributed by atoms with Crippen LogP contribution in [-0.2, 0) is 6.61 Å². The Hall–Kier alpha value is -4.44. The summed E-state index contributed by atoms with van der Waals surface area (Å²) in [5, 5.41) is 3.97. The van der Waals surface area contributed by atoms with Gasteiger partial charge < -0.3 is 10.1 Å². The minimum absolute atomic E-state index is 0.135. The van der Waals surface area contributed by atoms with Gasteiger partial charge in [-0.2, -0.15) is 0 Å². The molecule has 0 aliphatic rings. The molecule has 37 heavy (non-hydrogen) atoms. The Bertz CT molecular complexity index is 1590. The number of anilines is 1. The summed E-state index contributed by atoms with van der Waals surface area (Å²) in [6.07, 6.45) is 0. The van der Waals surface area contributed by atoms with Crippen molar-refractivity contribution in [3.8, 4) is 17.0 Å². The third-order valence-electron chi connectivity index (χ3n) is 6.55. The normalized spacial score (nSPS) is 10.9. The highest BCUT2D eigenvalue weighted by atomic mass is 16.5. The first-order chi connectivity index (χ1) is 17.9. The third-order valence-corrected chi connectivity index (χ3v) is 6.55. The molecule has 1 N–H and O–H groups in total. The van der Waals surface area contributed by atoms with Crippen LogP contribution in [0.25, 0.3) is 22.2 Å². The predicted octanol–water partition coefficient (Wildman–Crippen LogP) is 7.97. The maximum absolute atomic E-state index is 13.7. The van der Waals surface area contributed by atoms with Gasteiger partial charge in [-0.05, 0) is 92.4 Å². The highest BCUT2D eigenvalue weighted by molar-refractivity contribution is 6.15. The summed E-state index contributed by atoms with van der Waals surface area (Å²) in [4.78, 5) is 18.7. The zero-order valence-corrected chi connectivity index (χ0v) is 21.6. The molecule has 0 saturated heterocycles. The summed E-state index contributed by atoms with van der Waals surface area (Å²) in [7, 11) is 0. The molecular weight excluding hydrogens is 456 g/mol. The van der Waals surface area contributed by atoms with Gasteiger partial charge in [-0.15, -0.1) is 0 Å². The Morgan fingerprint density at radius 3 is 2.30 bits per heavy atom. The number of aryl methyl sites for hydroxylation is 3. The molecule has 5 rings (SSSR count). The second kappa shape index (κ2) is 10.3. The monoisotopic (exact) mass is 486 g/mol. The average molecular weight is 487 g/mol. The molecule has 4 heteroatoms. The van der Waals surface area contributed by atoms with E-state index >= 15 is 0 Å². The van der Waals surface area contributed by atoms with Gasteiger partial charge in [-0.3, -0.25) is 4.79 Å². The molecule has 184 valence electrons. The molecule has 0 aliphatic heterocycles. The van der Waals surface area contributed by atoms with Crippen LogP contribution in [0.2, 0.25) is 0 Å². The Balaban J connectivity index is 1.53. The second-order valence-corrected chi connectivity index (χ2v) is 9.56. The maximum atomic E-state index is 13.7. The highest BCUT2D eigenvalue weighted by Crippen LogP contribution is 2.33. The van der Waals surface area contributed by atoms with Crippen LogP contribution in [-0.4, -0.2) is 10.9 Å². The molecule has 0 spiro atoms. The summed E-state index contributed by atoms with van der Waals surface area (Å²) in [5.41, 5.74) is 9.21. The minimum Gasteiger partial charge on any atom is -0.489 e. The molecule has 0 radical (unpaired) electrons. The topological polar surface area (TPSA) is 51.2 Å². The Morgan fingerprint density at radius 2 is 1.57 bits per heavy atom. The summed E-state index contributed by atoms with van der Waals surface area (Å²) in [6, 6.07) is 30.0.